The quantitative estimate of drug-likeness (QED) is 0.834. The summed E-state index contributed by atoms with van der Waals surface area (Å²) >= 11 is 0. The fraction of sp³-hybridized carbons (Fsp3) is 1.00. The van der Waals surface area contributed by atoms with Crippen molar-refractivity contribution < 1.29 is 4.74 Å². The Morgan fingerprint density at radius 2 is 2.00 bits per heavy atom. The lowest BCUT2D eigenvalue weighted by atomic mass is 9.87. The van der Waals surface area contributed by atoms with Crippen molar-refractivity contribution in [3.63, 3.8) is 0 Å². The minimum Gasteiger partial charge on any atom is -0.383 e. The second-order valence-corrected chi connectivity index (χ2v) is 6.80. The van der Waals surface area contributed by atoms with E-state index in [4.69, 9.17) is 4.74 Å². The first-order chi connectivity index (χ1) is 8.53. The molecule has 106 valence electrons. The van der Waals surface area contributed by atoms with E-state index in [1.807, 2.05) is 7.11 Å². The molecule has 2 fully saturated rings. The van der Waals surface area contributed by atoms with Crippen LogP contribution in [0.4, 0.5) is 0 Å². The Balaban J connectivity index is 2.12. The second-order valence-electron chi connectivity index (χ2n) is 6.80. The molecular weight excluding hydrogens is 224 g/mol. The van der Waals surface area contributed by atoms with E-state index in [2.05, 4.69) is 31.0 Å². The van der Waals surface area contributed by atoms with Gasteiger partial charge < -0.3 is 10.1 Å². The number of rotatable bonds is 4. The van der Waals surface area contributed by atoms with Gasteiger partial charge in [0.25, 0.3) is 0 Å². The van der Waals surface area contributed by atoms with E-state index in [0.29, 0.717) is 11.6 Å². The van der Waals surface area contributed by atoms with E-state index in [0.717, 1.165) is 13.2 Å². The molecule has 0 aromatic heterocycles. The zero-order valence-electron chi connectivity index (χ0n) is 12.6. The van der Waals surface area contributed by atoms with Gasteiger partial charge in [-0.3, -0.25) is 4.90 Å². The molecule has 1 aliphatic carbocycles. The average molecular weight is 254 g/mol. The lowest BCUT2D eigenvalue weighted by Gasteiger charge is -2.52. The fourth-order valence-corrected chi connectivity index (χ4v) is 3.85. The number of hydrogen-bond donors (Lipinski definition) is 1. The fourth-order valence-electron chi connectivity index (χ4n) is 3.85. The molecule has 1 N–H and O–H groups in total. The van der Waals surface area contributed by atoms with Crippen LogP contribution in [0.25, 0.3) is 0 Å². The SMILES string of the molecule is CCC1CNC2(CCCC2)CN1C(C)(C)COC. The van der Waals surface area contributed by atoms with Gasteiger partial charge in [0.2, 0.25) is 0 Å². The monoisotopic (exact) mass is 254 g/mol. The lowest BCUT2D eigenvalue weighted by Crippen LogP contribution is -2.68. The number of nitrogens with zero attached hydrogens (tertiary/aromatic N) is 1. The number of ether oxygens (including phenoxy) is 1. The highest BCUT2D eigenvalue weighted by Gasteiger charge is 2.44. The van der Waals surface area contributed by atoms with Gasteiger partial charge in [-0.15, -0.1) is 0 Å². The van der Waals surface area contributed by atoms with E-state index >= 15 is 0 Å². The van der Waals surface area contributed by atoms with Crippen molar-refractivity contribution in [2.75, 3.05) is 26.8 Å². The van der Waals surface area contributed by atoms with Crippen LogP contribution in [0, 0.1) is 0 Å². The van der Waals surface area contributed by atoms with Crippen LogP contribution in [0.5, 0.6) is 0 Å². The Bertz CT molecular complexity index is 272. The van der Waals surface area contributed by atoms with Crippen molar-refractivity contribution in [3.8, 4) is 0 Å². The molecular formula is C15H30N2O. The normalized spacial score (nSPS) is 29.0. The molecule has 3 nitrogen and oxygen atoms in total. The molecule has 3 heteroatoms. The number of piperazine rings is 1. The Morgan fingerprint density at radius 1 is 1.33 bits per heavy atom. The predicted octanol–water partition coefficient (Wildman–Crippen LogP) is 2.41. The summed E-state index contributed by atoms with van der Waals surface area (Å²) < 4.78 is 5.44. The van der Waals surface area contributed by atoms with Gasteiger partial charge in [0.1, 0.15) is 0 Å². The highest BCUT2D eigenvalue weighted by Crippen LogP contribution is 2.36. The van der Waals surface area contributed by atoms with Gasteiger partial charge >= 0.3 is 0 Å². The molecule has 1 saturated heterocycles. The third-order valence-corrected chi connectivity index (χ3v) is 4.93. The average Bonchev–Trinajstić information content (AvgIpc) is 2.77. The maximum Gasteiger partial charge on any atom is 0.0641 e. The van der Waals surface area contributed by atoms with Crippen molar-refractivity contribution in [1.29, 1.82) is 0 Å². The molecule has 1 unspecified atom stereocenters. The molecule has 1 atom stereocenters. The second kappa shape index (κ2) is 5.48. The van der Waals surface area contributed by atoms with Crippen LogP contribution < -0.4 is 5.32 Å². The maximum absolute atomic E-state index is 5.44. The predicted molar refractivity (Wildman–Crippen MR) is 75.9 cm³/mol. The van der Waals surface area contributed by atoms with E-state index in [-0.39, 0.29) is 5.54 Å². The summed E-state index contributed by atoms with van der Waals surface area (Å²) in [7, 11) is 1.82. The van der Waals surface area contributed by atoms with Gasteiger partial charge in [-0.05, 0) is 33.1 Å². The van der Waals surface area contributed by atoms with Gasteiger partial charge in [0, 0.05) is 37.3 Å². The molecule has 0 bridgehead atoms. The van der Waals surface area contributed by atoms with Gasteiger partial charge in [0.15, 0.2) is 0 Å². The first-order valence-corrected chi connectivity index (χ1v) is 7.54. The van der Waals surface area contributed by atoms with Crippen molar-refractivity contribution in [3.05, 3.63) is 0 Å². The molecule has 1 heterocycles. The summed E-state index contributed by atoms with van der Waals surface area (Å²) in [6, 6.07) is 0.654. The summed E-state index contributed by atoms with van der Waals surface area (Å²) in [5, 5.41) is 3.86. The van der Waals surface area contributed by atoms with Crippen LogP contribution in [0.1, 0.15) is 52.9 Å². The first kappa shape index (κ1) is 14.3. The summed E-state index contributed by atoms with van der Waals surface area (Å²) in [5.41, 5.74) is 0.545. The third kappa shape index (κ3) is 2.73. The van der Waals surface area contributed by atoms with E-state index in [1.54, 1.807) is 0 Å². The van der Waals surface area contributed by atoms with Crippen molar-refractivity contribution in [1.82, 2.24) is 10.2 Å². The number of methoxy groups -OCH3 is 1. The van der Waals surface area contributed by atoms with Crippen molar-refractivity contribution in [2.24, 2.45) is 0 Å². The van der Waals surface area contributed by atoms with Gasteiger partial charge in [0.05, 0.1) is 6.61 Å². The largest absolute Gasteiger partial charge is 0.383 e. The summed E-state index contributed by atoms with van der Waals surface area (Å²) in [6.07, 6.45) is 6.70. The molecule has 18 heavy (non-hydrogen) atoms. The first-order valence-electron chi connectivity index (χ1n) is 7.54. The molecule has 1 aliphatic heterocycles. The molecule has 2 rings (SSSR count). The highest BCUT2D eigenvalue weighted by molar-refractivity contribution is 5.04. The van der Waals surface area contributed by atoms with Crippen LogP contribution in [-0.2, 0) is 4.74 Å². The van der Waals surface area contributed by atoms with Crippen LogP contribution >= 0.6 is 0 Å². The number of hydrogen-bond acceptors (Lipinski definition) is 3. The van der Waals surface area contributed by atoms with E-state index in [9.17, 15) is 0 Å². The van der Waals surface area contributed by atoms with Gasteiger partial charge in [-0.1, -0.05) is 19.8 Å². The van der Waals surface area contributed by atoms with Crippen LogP contribution in [0.2, 0.25) is 0 Å². The van der Waals surface area contributed by atoms with Crippen molar-refractivity contribution in [2.45, 2.75) is 70.0 Å². The summed E-state index contributed by atoms with van der Waals surface area (Å²) in [6.45, 7) is 10.1. The van der Waals surface area contributed by atoms with Crippen molar-refractivity contribution >= 4 is 0 Å². The van der Waals surface area contributed by atoms with Gasteiger partial charge in [-0.2, -0.15) is 0 Å². The Morgan fingerprint density at radius 3 is 2.56 bits per heavy atom. The summed E-state index contributed by atoms with van der Waals surface area (Å²) in [4.78, 5) is 2.71. The van der Waals surface area contributed by atoms with Crippen LogP contribution in [0.15, 0.2) is 0 Å². The van der Waals surface area contributed by atoms with E-state index in [1.165, 1.54) is 38.6 Å². The van der Waals surface area contributed by atoms with E-state index < -0.39 is 0 Å². The maximum atomic E-state index is 5.44. The minimum atomic E-state index is 0.146. The molecule has 0 aromatic carbocycles. The molecule has 1 spiro atoms. The smallest absolute Gasteiger partial charge is 0.0641 e. The topological polar surface area (TPSA) is 24.5 Å². The van der Waals surface area contributed by atoms with Crippen LogP contribution in [0.3, 0.4) is 0 Å². The lowest BCUT2D eigenvalue weighted by molar-refractivity contribution is -0.0366. The molecule has 0 aromatic rings. The number of nitrogens with one attached hydrogen (secondary N) is 1. The molecule has 1 saturated carbocycles. The zero-order valence-corrected chi connectivity index (χ0v) is 12.6. The molecule has 2 aliphatic rings. The third-order valence-electron chi connectivity index (χ3n) is 4.93. The Labute approximate surface area is 112 Å². The molecule has 0 radical (unpaired) electrons. The molecule has 0 amide bonds. The Hall–Kier alpha value is -0.120. The Kier molecular flexibility index (Phi) is 4.35. The van der Waals surface area contributed by atoms with Crippen LogP contribution in [-0.4, -0.2) is 48.8 Å². The zero-order chi connectivity index (χ0) is 13.2. The summed E-state index contributed by atoms with van der Waals surface area (Å²) in [5.74, 6) is 0. The van der Waals surface area contributed by atoms with Gasteiger partial charge in [-0.25, -0.2) is 0 Å². The standard InChI is InChI=1S/C15H30N2O/c1-5-13-10-16-15(8-6-7-9-15)11-17(13)14(2,3)12-18-4/h13,16H,5-12H2,1-4H3. The minimum absolute atomic E-state index is 0.146. The highest BCUT2D eigenvalue weighted by atomic mass is 16.5.